The van der Waals surface area contributed by atoms with E-state index >= 15 is 0 Å². The fourth-order valence-corrected chi connectivity index (χ4v) is 0.517. The van der Waals surface area contributed by atoms with Crippen LogP contribution >= 0.6 is 11.6 Å². The van der Waals surface area contributed by atoms with E-state index < -0.39 is 0 Å². The Labute approximate surface area is 55.2 Å². The van der Waals surface area contributed by atoms with Crippen LogP contribution < -0.4 is 0 Å². The van der Waals surface area contributed by atoms with E-state index in [9.17, 15) is 0 Å². The molecule has 0 aliphatic carbocycles. The number of hydrogen-bond acceptors (Lipinski definition) is 0. The Morgan fingerprint density at radius 3 is 2.25 bits per heavy atom. The first kappa shape index (κ1) is 7.51. The molecule has 0 atom stereocenters. The SMILES string of the molecule is C=C/C=C(\C=C)CCl. The van der Waals surface area contributed by atoms with E-state index in [-0.39, 0.29) is 0 Å². The fourth-order valence-electron chi connectivity index (χ4n) is 0.319. The molecule has 0 unspecified atom stereocenters. The van der Waals surface area contributed by atoms with Crippen molar-refractivity contribution in [3.8, 4) is 0 Å². The average Bonchev–Trinajstić information content (AvgIpc) is 1.83. The highest BCUT2D eigenvalue weighted by Crippen LogP contribution is 1.97. The number of hydrogen-bond donors (Lipinski definition) is 0. The van der Waals surface area contributed by atoms with Gasteiger partial charge in [-0.15, -0.1) is 11.6 Å². The van der Waals surface area contributed by atoms with E-state index in [0.29, 0.717) is 5.88 Å². The van der Waals surface area contributed by atoms with E-state index in [1.807, 2.05) is 6.08 Å². The van der Waals surface area contributed by atoms with Gasteiger partial charge in [0.1, 0.15) is 0 Å². The van der Waals surface area contributed by atoms with Gasteiger partial charge in [-0.05, 0) is 5.57 Å². The molecular weight excluding hydrogens is 120 g/mol. The second kappa shape index (κ2) is 4.66. The second-order valence-corrected chi connectivity index (χ2v) is 1.58. The standard InChI is InChI=1S/C7H9Cl/c1-3-5-7(4-2)6-8/h3-5H,1-2,6H2/b7-5+. The van der Waals surface area contributed by atoms with Crippen molar-refractivity contribution in [2.24, 2.45) is 0 Å². The quantitative estimate of drug-likeness (QED) is 0.405. The maximum absolute atomic E-state index is 5.46. The molecule has 0 radical (unpaired) electrons. The van der Waals surface area contributed by atoms with Crippen LogP contribution in [0, 0.1) is 0 Å². The van der Waals surface area contributed by atoms with Crippen LogP contribution in [-0.2, 0) is 0 Å². The Balaban J connectivity index is 3.84. The van der Waals surface area contributed by atoms with Crippen LogP contribution in [0.15, 0.2) is 37.0 Å². The van der Waals surface area contributed by atoms with Crippen molar-refractivity contribution in [1.29, 1.82) is 0 Å². The summed E-state index contributed by atoms with van der Waals surface area (Å²) in [6.07, 6.45) is 5.24. The van der Waals surface area contributed by atoms with E-state index in [2.05, 4.69) is 13.2 Å². The summed E-state index contributed by atoms with van der Waals surface area (Å²) >= 11 is 5.46. The van der Waals surface area contributed by atoms with Crippen molar-refractivity contribution in [2.75, 3.05) is 5.88 Å². The van der Waals surface area contributed by atoms with E-state index in [1.54, 1.807) is 12.2 Å². The van der Waals surface area contributed by atoms with Crippen LogP contribution in [0.3, 0.4) is 0 Å². The third kappa shape index (κ3) is 2.64. The lowest BCUT2D eigenvalue weighted by Crippen LogP contribution is -1.74. The molecule has 0 rings (SSSR count). The van der Waals surface area contributed by atoms with Gasteiger partial charge in [-0.3, -0.25) is 0 Å². The molecule has 0 saturated heterocycles. The lowest BCUT2D eigenvalue weighted by atomic mass is 10.3. The van der Waals surface area contributed by atoms with Gasteiger partial charge in [0.2, 0.25) is 0 Å². The average molecular weight is 129 g/mol. The van der Waals surface area contributed by atoms with Gasteiger partial charge in [0.05, 0.1) is 0 Å². The van der Waals surface area contributed by atoms with Crippen LogP contribution in [0.2, 0.25) is 0 Å². The van der Waals surface area contributed by atoms with Gasteiger partial charge < -0.3 is 0 Å². The molecule has 0 N–H and O–H groups in total. The molecule has 0 aromatic rings. The molecule has 0 bridgehead atoms. The van der Waals surface area contributed by atoms with Gasteiger partial charge in [0, 0.05) is 5.88 Å². The molecule has 1 heteroatoms. The molecule has 0 spiro atoms. The molecular formula is C7H9Cl. The number of allylic oxidation sites excluding steroid dienone is 4. The molecule has 0 saturated carbocycles. The van der Waals surface area contributed by atoms with Crippen molar-refractivity contribution >= 4 is 11.6 Å². The van der Waals surface area contributed by atoms with Crippen molar-refractivity contribution in [2.45, 2.75) is 0 Å². The van der Waals surface area contributed by atoms with Crippen LogP contribution in [0.25, 0.3) is 0 Å². The summed E-state index contributed by atoms with van der Waals surface area (Å²) in [5.74, 6) is 0.509. The minimum atomic E-state index is 0.509. The first-order chi connectivity index (χ1) is 3.85. The number of halogens is 1. The van der Waals surface area contributed by atoms with Gasteiger partial charge in [0.15, 0.2) is 0 Å². The Morgan fingerprint density at radius 1 is 1.50 bits per heavy atom. The van der Waals surface area contributed by atoms with Gasteiger partial charge in [-0.2, -0.15) is 0 Å². The zero-order valence-corrected chi connectivity index (χ0v) is 5.49. The minimum Gasteiger partial charge on any atom is -0.122 e. The third-order valence-corrected chi connectivity index (χ3v) is 1.06. The number of alkyl halides is 1. The highest BCUT2D eigenvalue weighted by molar-refractivity contribution is 6.19. The summed E-state index contributed by atoms with van der Waals surface area (Å²) in [5.41, 5.74) is 1.00. The Kier molecular flexibility index (Phi) is 4.38. The predicted octanol–water partition coefficient (Wildman–Crippen LogP) is 2.52. The van der Waals surface area contributed by atoms with Crippen molar-refractivity contribution < 1.29 is 0 Å². The maximum atomic E-state index is 5.46. The van der Waals surface area contributed by atoms with Crippen molar-refractivity contribution in [1.82, 2.24) is 0 Å². The van der Waals surface area contributed by atoms with Crippen LogP contribution in [0.1, 0.15) is 0 Å². The second-order valence-electron chi connectivity index (χ2n) is 1.32. The zero-order valence-electron chi connectivity index (χ0n) is 4.73. The molecule has 0 heterocycles. The summed E-state index contributed by atoms with van der Waals surface area (Å²) in [5, 5.41) is 0. The Morgan fingerprint density at radius 2 is 2.12 bits per heavy atom. The van der Waals surface area contributed by atoms with E-state index in [4.69, 9.17) is 11.6 Å². The van der Waals surface area contributed by atoms with Gasteiger partial charge >= 0.3 is 0 Å². The summed E-state index contributed by atoms with van der Waals surface area (Å²) in [7, 11) is 0. The molecule has 0 nitrogen and oxygen atoms in total. The largest absolute Gasteiger partial charge is 0.122 e. The normalized spacial score (nSPS) is 10.9. The first-order valence-electron chi connectivity index (χ1n) is 2.35. The lowest BCUT2D eigenvalue weighted by Gasteiger charge is -1.87. The van der Waals surface area contributed by atoms with Gasteiger partial charge in [-0.1, -0.05) is 31.4 Å². The first-order valence-corrected chi connectivity index (χ1v) is 2.88. The summed E-state index contributed by atoms with van der Waals surface area (Å²) in [4.78, 5) is 0. The Hall–Kier alpha value is -0.490. The van der Waals surface area contributed by atoms with Crippen LogP contribution in [-0.4, -0.2) is 5.88 Å². The lowest BCUT2D eigenvalue weighted by molar-refractivity contribution is 1.55. The van der Waals surface area contributed by atoms with E-state index in [0.717, 1.165) is 5.57 Å². The molecule has 0 aromatic carbocycles. The number of rotatable bonds is 3. The third-order valence-electron chi connectivity index (χ3n) is 0.748. The molecule has 0 aromatic heterocycles. The Bertz CT molecular complexity index is 112. The molecule has 0 aliphatic heterocycles. The molecule has 0 aliphatic rings. The minimum absolute atomic E-state index is 0.509. The summed E-state index contributed by atoms with van der Waals surface area (Å²) in [6.45, 7) is 7.06. The predicted molar refractivity (Wildman–Crippen MR) is 39.2 cm³/mol. The molecule has 44 valence electrons. The summed E-state index contributed by atoms with van der Waals surface area (Å²) < 4.78 is 0. The van der Waals surface area contributed by atoms with Gasteiger partial charge in [-0.25, -0.2) is 0 Å². The monoisotopic (exact) mass is 128 g/mol. The summed E-state index contributed by atoms with van der Waals surface area (Å²) in [6, 6.07) is 0. The van der Waals surface area contributed by atoms with Crippen LogP contribution in [0.5, 0.6) is 0 Å². The smallest absolute Gasteiger partial charge is 0.0473 e. The highest BCUT2D eigenvalue weighted by atomic mass is 35.5. The van der Waals surface area contributed by atoms with Crippen molar-refractivity contribution in [3.05, 3.63) is 37.0 Å². The fraction of sp³-hybridized carbons (Fsp3) is 0.143. The maximum Gasteiger partial charge on any atom is 0.0473 e. The molecule has 0 amide bonds. The molecule has 8 heavy (non-hydrogen) atoms. The topological polar surface area (TPSA) is 0 Å². The van der Waals surface area contributed by atoms with Crippen molar-refractivity contribution in [3.63, 3.8) is 0 Å². The molecule has 0 fully saturated rings. The van der Waals surface area contributed by atoms with Crippen LogP contribution in [0.4, 0.5) is 0 Å². The zero-order chi connectivity index (χ0) is 6.41. The van der Waals surface area contributed by atoms with E-state index in [1.165, 1.54) is 0 Å². The highest BCUT2D eigenvalue weighted by Gasteiger charge is 1.81. The van der Waals surface area contributed by atoms with Gasteiger partial charge in [0.25, 0.3) is 0 Å².